The Morgan fingerprint density at radius 3 is 1.72 bits per heavy atom. The van der Waals surface area contributed by atoms with Gasteiger partial charge in [0, 0.05) is 17.3 Å². The van der Waals surface area contributed by atoms with Gasteiger partial charge in [-0.15, -0.1) is 0 Å². The lowest BCUT2D eigenvalue weighted by Crippen LogP contribution is -2.17. The molecule has 258 valence electrons. The highest BCUT2D eigenvalue weighted by Crippen LogP contribution is 2.32. The average molecular weight is 735 g/mol. The fraction of sp³-hybridized carbons (Fsp3) is 0.121. The summed E-state index contributed by atoms with van der Waals surface area (Å²) in [5.74, 6) is -1.74. The smallest absolute Gasteiger partial charge is 0.435 e. The van der Waals surface area contributed by atoms with Gasteiger partial charge in [-0.1, -0.05) is 53.5 Å². The molecule has 0 radical (unpaired) electrons. The lowest BCUT2D eigenvalue weighted by atomic mass is 10.2. The third-order valence-electron chi connectivity index (χ3n) is 6.87. The zero-order chi connectivity index (χ0) is 36.2. The van der Waals surface area contributed by atoms with Crippen LogP contribution in [0.4, 0.5) is 32.0 Å². The lowest BCUT2D eigenvalue weighted by molar-refractivity contribution is -0.142. The van der Waals surface area contributed by atoms with E-state index in [0.29, 0.717) is 11.8 Å². The first-order valence-corrected chi connectivity index (χ1v) is 15.0. The number of anilines is 1. The van der Waals surface area contributed by atoms with Gasteiger partial charge in [-0.3, -0.25) is 14.6 Å². The second kappa shape index (κ2) is 14.6. The molecule has 0 unspecified atom stereocenters. The molecule has 0 saturated heterocycles. The van der Waals surface area contributed by atoms with Crippen molar-refractivity contribution in [2.75, 3.05) is 5.32 Å². The van der Waals surface area contributed by atoms with Gasteiger partial charge in [0.05, 0.1) is 51.2 Å². The van der Waals surface area contributed by atoms with E-state index in [9.17, 15) is 35.9 Å². The van der Waals surface area contributed by atoms with Crippen molar-refractivity contribution in [2.45, 2.75) is 25.2 Å². The molecule has 2 N–H and O–H groups in total. The number of rotatable bonds is 7. The maximum atomic E-state index is 13.2. The second-order valence-electron chi connectivity index (χ2n) is 10.5. The van der Waals surface area contributed by atoms with Gasteiger partial charge < -0.3 is 10.4 Å². The van der Waals surface area contributed by atoms with E-state index in [1.165, 1.54) is 18.2 Å². The van der Waals surface area contributed by atoms with Gasteiger partial charge in [-0.25, -0.2) is 9.36 Å². The Bertz CT molecular complexity index is 2180. The number of aliphatic carboxylic acids is 1. The van der Waals surface area contributed by atoms with Gasteiger partial charge in [0.2, 0.25) is 5.91 Å². The van der Waals surface area contributed by atoms with Gasteiger partial charge >= 0.3 is 18.3 Å². The Kier molecular flexibility index (Phi) is 10.5. The summed E-state index contributed by atoms with van der Waals surface area (Å²) in [5.41, 5.74) is -0.554. The van der Waals surface area contributed by atoms with Crippen LogP contribution in [0.5, 0.6) is 0 Å². The van der Waals surface area contributed by atoms with Crippen molar-refractivity contribution in [3.63, 3.8) is 0 Å². The van der Waals surface area contributed by atoms with Crippen LogP contribution in [-0.2, 0) is 34.8 Å². The number of halogens is 8. The summed E-state index contributed by atoms with van der Waals surface area (Å²) in [6.45, 7) is 0. The predicted molar refractivity (Wildman–Crippen MR) is 173 cm³/mol. The molecule has 9 nitrogen and oxygen atoms in total. The average Bonchev–Trinajstić information content (AvgIpc) is 3.66. The maximum absolute atomic E-state index is 13.2. The van der Waals surface area contributed by atoms with E-state index in [1.807, 2.05) is 6.07 Å². The van der Waals surface area contributed by atoms with Crippen molar-refractivity contribution >= 4 is 51.7 Å². The molecule has 3 heterocycles. The van der Waals surface area contributed by atoms with Gasteiger partial charge in [-0.2, -0.15) is 36.5 Å². The van der Waals surface area contributed by atoms with Crippen molar-refractivity contribution in [3.8, 4) is 11.4 Å². The largest absolute Gasteiger partial charge is 0.481 e. The molecule has 0 atom stereocenters. The number of para-hydroxylation sites is 2. The summed E-state index contributed by atoms with van der Waals surface area (Å²) in [6, 6.07) is 22.8. The highest BCUT2D eigenvalue weighted by atomic mass is 35.5. The fourth-order valence-electron chi connectivity index (χ4n) is 4.71. The van der Waals surface area contributed by atoms with Gasteiger partial charge in [-0.05, 0) is 60.7 Å². The number of nitrogens with one attached hydrogen (secondary N) is 1. The van der Waals surface area contributed by atoms with Gasteiger partial charge in [0.15, 0.2) is 11.4 Å². The number of amides is 1. The van der Waals surface area contributed by atoms with E-state index >= 15 is 0 Å². The Morgan fingerprint density at radius 1 is 0.700 bits per heavy atom. The minimum atomic E-state index is -4.65. The number of carboxylic acids is 1. The highest BCUT2D eigenvalue weighted by Gasteiger charge is 2.36. The SMILES string of the molecule is O=C(Cc1cc(C(F)(F)F)nn1-c1ccccc1Cl)Nc1ccc2ncccc2c1.O=C(O)Cc1cc(C(F)(F)F)nn1-c1ccccc1Cl. The van der Waals surface area contributed by atoms with E-state index < -0.39 is 42.0 Å². The van der Waals surface area contributed by atoms with Crippen molar-refractivity contribution in [1.29, 1.82) is 0 Å². The predicted octanol–water partition coefficient (Wildman–Crippen LogP) is 8.45. The third kappa shape index (κ3) is 8.59. The van der Waals surface area contributed by atoms with Crippen LogP contribution in [0.25, 0.3) is 22.3 Å². The molecule has 3 aromatic carbocycles. The number of alkyl halides is 6. The molecule has 0 spiro atoms. The molecule has 0 fully saturated rings. The fourth-order valence-corrected chi connectivity index (χ4v) is 5.14. The quantitative estimate of drug-likeness (QED) is 0.159. The molecule has 0 aliphatic carbocycles. The Labute approximate surface area is 288 Å². The van der Waals surface area contributed by atoms with Gasteiger partial charge in [0.1, 0.15) is 0 Å². The van der Waals surface area contributed by atoms with Crippen LogP contribution in [0.15, 0.2) is 97.2 Å². The van der Waals surface area contributed by atoms with Gasteiger partial charge in [0.25, 0.3) is 0 Å². The van der Waals surface area contributed by atoms with Crippen molar-refractivity contribution in [3.05, 3.63) is 130 Å². The van der Waals surface area contributed by atoms with Crippen LogP contribution in [0.1, 0.15) is 22.8 Å². The molecule has 6 aromatic rings. The van der Waals surface area contributed by atoms with Crippen LogP contribution in [-0.4, -0.2) is 41.5 Å². The first-order valence-electron chi connectivity index (χ1n) is 14.3. The Hall–Kier alpha value is -5.41. The first-order chi connectivity index (χ1) is 23.6. The van der Waals surface area contributed by atoms with E-state index in [-0.39, 0.29) is 39.2 Å². The molecule has 0 aliphatic heterocycles. The molecule has 6 rings (SSSR count). The van der Waals surface area contributed by atoms with Crippen LogP contribution >= 0.6 is 23.2 Å². The summed E-state index contributed by atoms with van der Waals surface area (Å²) < 4.78 is 79.6. The van der Waals surface area contributed by atoms with Crippen molar-refractivity contribution in [2.24, 2.45) is 0 Å². The van der Waals surface area contributed by atoms with Crippen LogP contribution in [0.3, 0.4) is 0 Å². The number of aromatic nitrogens is 5. The number of hydrogen-bond donors (Lipinski definition) is 2. The molecule has 0 aliphatic rings. The lowest BCUT2D eigenvalue weighted by Gasteiger charge is -2.10. The number of carbonyl (C=O) groups is 2. The number of fused-ring (bicyclic) bond motifs is 1. The third-order valence-corrected chi connectivity index (χ3v) is 7.51. The molecule has 0 saturated carbocycles. The first kappa shape index (κ1) is 35.9. The van der Waals surface area contributed by atoms with E-state index in [0.717, 1.165) is 26.3 Å². The number of pyridine rings is 1. The zero-order valence-corrected chi connectivity index (χ0v) is 26.7. The standard InChI is InChI=1S/C21H14ClF3N4O.C12H8ClF3N2O2/c22-16-5-1-2-6-18(16)29-15(11-19(28-29)21(23,24)25)12-20(30)27-14-7-8-17-13(10-14)4-3-9-26-17;13-8-3-1-2-4-9(8)18-7(6-11(19)20)5-10(17-18)12(14,15)16/h1-11H,12H2,(H,27,30);1-5H,6H2,(H,19,20). The van der Waals surface area contributed by atoms with E-state index in [1.54, 1.807) is 60.8 Å². The summed E-state index contributed by atoms with van der Waals surface area (Å²) in [6.07, 6.45) is -8.55. The molecule has 50 heavy (non-hydrogen) atoms. The molecule has 0 bridgehead atoms. The zero-order valence-electron chi connectivity index (χ0n) is 25.2. The number of hydrogen-bond acceptors (Lipinski definition) is 5. The number of carboxylic acid groups (broad SMARTS) is 1. The summed E-state index contributed by atoms with van der Waals surface area (Å²) in [7, 11) is 0. The Morgan fingerprint density at radius 2 is 1.22 bits per heavy atom. The number of nitrogens with zero attached hydrogens (tertiary/aromatic N) is 5. The van der Waals surface area contributed by atoms with E-state index in [4.69, 9.17) is 28.3 Å². The normalized spacial score (nSPS) is 11.6. The van der Waals surface area contributed by atoms with Crippen molar-refractivity contribution in [1.82, 2.24) is 24.5 Å². The van der Waals surface area contributed by atoms with Crippen LogP contribution < -0.4 is 5.32 Å². The maximum Gasteiger partial charge on any atom is 0.435 e. The van der Waals surface area contributed by atoms with Crippen LogP contribution in [0.2, 0.25) is 10.0 Å². The summed E-state index contributed by atoms with van der Waals surface area (Å²) in [5, 5.41) is 19.7. The monoisotopic (exact) mass is 734 g/mol. The number of benzene rings is 3. The Balaban J connectivity index is 0.000000211. The molecular weight excluding hydrogens is 713 g/mol. The topological polar surface area (TPSA) is 115 Å². The minimum absolute atomic E-state index is 0.0652. The summed E-state index contributed by atoms with van der Waals surface area (Å²) >= 11 is 12.0. The highest BCUT2D eigenvalue weighted by molar-refractivity contribution is 6.32. The molecule has 1 amide bonds. The van der Waals surface area contributed by atoms with Crippen molar-refractivity contribution < 1.29 is 41.0 Å². The van der Waals surface area contributed by atoms with Crippen LogP contribution in [0, 0.1) is 0 Å². The molecular formula is C33H22Cl2F6N6O3. The summed E-state index contributed by atoms with van der Waals surface area (Å²) in [4.78, 5) is 27.5. The number of carbonyl (C=O) groups excluding carboxylic acids is 1. The minimum Gasteiger partial charge on any atom is -0.481 e. The molecule has 17 heteroatoms. The second-order valence-corrected chi connectivity index (χ2v) is 11.3. The molecule has 3 aromatic heterocycles. The van der Waals surface area contributed by atoms with E-state index in [2.05, 4.69) is 20.5 Å².